The van der Waals surface area contributed by atoms with Gasteiger partial charge in [0.1, 0.15) is 0 Å². The molecule has 1 N–H and O–H groups in total. The van der Waals surface area contributed by atoms with Crippen molar-refractivity contribution in [3.8, 4) is 0 Å². The number of hydrogen-bond donors (Lipinski definition) is 1. The lowest BCUT2D eigenvalue weighted by Crippen LogP contribution is -2.35. The van der Waals surface area contributed by atoms with Crippen LogP contribution in [0.3, 0.4) is 0 Å². The molecule has 2 heterocycles. The zero-order valence-corrected chi connectivity index (χ0v) is 15.8. The van der Waals surface area contributed by atoms with Crippen LogP contribution in [0, 0.1) is 0 Å². The first kappa shape index (κ1) is 17.6. The van der Waals surface area contributed by atoms with Crippen molar-refractivity contribution < 1.29 is 4.79 Å². The Kier molecular flexibility index (Phi) is 4.82. The fourth-order valence-electron chi connectivity index (χ4n) is 3.51. The van der Waals surface area contributed by atoms with Crippen LogP contribution >= 0.6 is 11.6 Å². The third kappa shape index (κ3) is 3.53. The molecule has 5 heteroatoms. The van der Waals surface area contributed by atoms with Crippen LogP contribution < -0.4 is 10.2 Å². The smallest absolute Gasteiger partial charge is 0.260 e. The highest BCUT2D eigenvalue weighted by molar-refractivity contribution is 6.31. The summed E-state index contributed by atoms with van der Waals surface area (Å²) in [5.74, 6) is -0.0265. The van der Waals surface area contributed by atoms with Crippen molar-refractivity contribution in [2.75, 3.05) is 10.2 Å². The fraction of sp³-hybridized carbons (Fsp3) is 0.182. The summed E-state index contributed by atoms with van der Waals surface area (Å²) < 4.78 is 0. The predicted octanol–water partition coefficient (Wildman–Crippen LogP) is 4.94. The van der Waals surface area contributed by atoms with Gasteiger partial charge in [-0.25, -0.2) is 0 Å². The molecule has 2 aromatic carbocycles. The van der Waals surface area contributed by atoms with E-state index < -0.39 is 0 Å². The maximum Gasteiger partial charge on any atom is 0.260 e. The van der Waals surface area contributed by atoms with E-state index in [0.717, 1.165) is 23.4 Å². The molecule has 0 aliphatic carbocycles. The molecule has 136 valence electrons. The van der Waals surface area contributed by atoms with E-state index in [1.807, 2.05) is 53.4 Å². The molecule has 3 aromatic rings. The zero-order chi connectivity index (χ0) is 18.8. The molecule has 1 unspecified atom stereocenters. The lowest BCUT2D eigenvalue weighted by molar-refractivity contribution is 0.0981. The molecule has 4 nitrogen and oxygen atoms in total. The van der Waals surface area contributed by atoms with Crippen molar-refractivity contribution in [1.29, 1.82) is 0 Å². The number of carbonyl (C=O) groups is 1. The fourth-order valence-corrected chi connectivity index (χ4v) is 3.71. The van der Waals surface area contributed by atoms with Gasteiger partial charge in [0.25, 0.3) is 5.91 Å². The summed E-state index contributed by atoms with van der Waals surface area (Å²) in [7, 11) is 0. The third-order valence-electron chi connectivity index (χ3n) is 4.85. The monoisotopic (exact) mass is 377 g/mol. The van der Waals surface area contributed by atoms with Crippen LogP contribution in [0.2, 0.25) is 5.02 Å². The van der Waals surface area contributed by atoms with Gasteiger partial charge >= 0.3 is 0 Å². The molecular weight excluding hydrogens is 358 g/mol. The predicted molar refractivity (Wildman–Crippen MR) is 109 cm³/mol. The maximum atomic E-state index is 13.1. The van der Waals surface area contributed by atoms with Crippen molar-refractivity contribution in [2.45, 2.75) is 25.9 Å². The van der Waals surface area contributed by atoms with Crippen LogP contribution in [0.15, 0.2) is 67.0 Å². The number of nitrogens with zero attached hydrogens (tertiary/aromatic N) is 2. The van der Waals surface area contributed by atoms with E-state index in [2.05, 4.69) is 23.3 Å². The van der Waals surface area contributed by atoms with Gasteiger partial charge in [-0.2, -0.15) is 0 Å². The van der Waals surface area contributed by atoms with Crippen molar-refractivity contribution in [1.82, 2.24) is 4.98 Å². The highest BCUT2D eigenvalue weighted by Crippen LogP contribution is 2.33. The van der Waals surface area contributed by atoms with Crippen LogP contribution in [0.1, 0.15) is 28.4 Å². The van der Waals surface area contributed by atoms with Gasteiger partial charge in [0.2, 0.25) is 0 Å². The molecule has 1 amide bonds. The van der Waals surface area contributed by atoms with Crippen LogP contribution in [0.25, 0.3) is 0 Å². The van der Waals surface area contributed by atoms with Gasteiger partial charge in [0.05, 0.1) is 11.3 Å². The minimum atomic E-state index is -0.0265. The van der Waals surface area contributed by atoms with Gasteiger partial charge in [-0.1, -0.05) is 48.0 Å². The maximum absolute atomic E-state index is 13.1. The lowest BCUT2D eigenvalue weighted by Gasteiger charge is -2.23. The normalized spacial score (nSPS) is 15.5. The summed E-state index contributed by atoms with van der Waals surface area (Å²) in [4.78, 5) is 19.3. The minimum absolute atomic E-state index is 0.0265. The number of para-hydroxylation sites is 1. The number of aromatic nitrogens is 1. The average molecular weight is 378 g/mol. The van der Waals surface area contributed by atoms with Gasteiger partial charge in [-0.15, -0.1) is 0 Å². The Morgan fingerprint density at radius 1 is 1.19 bits per heavy atom. The highest BCUT2D eigenvalue weighted by Gasteiger charge is 2.31. The number of hydrogen-bond acceptors (Lipinski definition) is 3. The van der Waals surface area contributed by atoms with Crippen LogP contribution in [0.5, 0.6) is 0 Å². The molecule has 1 aliphatic heterocycles. The van der Waals surface area contributed by atoms with E-state index in [-0.39, 0.29) is 11.9 Å². The van der Waals surface area contributed by atoms with E-state index in [1.54, 1.807) is 12.4 Å². The highest BCUT2D eigenvalue weighted by atomic mass is 35.5. The summed E-state index contributed by atoms with van der Waals surface area (Å²) in [5, 5.41) is 4.02. The molecule has 0 saturated heterocycles. The second kappa shape index (κ2) is 7.41. The van der Waals surface area contributed by atoms with Gasteiger partial charge in [0.15, 0.2) is 0 Å². The molecule has 0 spiro atoms. The van der Waals surface area contributed by atoms with Crippen molar-refractivity contribution in [3.05, 3.63) is 88.7 Å². The quantitative estimate of drug-likeness (QED) is 0.700. The topological polar surface area (TPSA) is 45.2 Å². The van der Waals surface area contributed by atoms with Crippen molar-refractivity contribution in [2.24, 2.45) is 0 Å². The molecular formula is C22H20ClN3O. The van der Waals surface area contributed by atoms with Crippen LogP contribution in [-0.4, -0.2) is 16.9 Å². The number of pyridine rings is 1. The summed E-state index contributed by atoms with van der Waals surface area (Å²) in [6.07, 6.45) is 4.21. The van der Waals surface area contributed by atoms with Gasteiger partial charge < -0.3 is 10.2 Å². The minimum Gasteiger partial charge on any atom is -0.380 e. The average Bonchev–Trinajstić information content (AvgIpc) is 3.02. The molecule has 0 fully saturated rings. The Balaban J connectivity index is 1.54. The zero-order valence-electron chi connectivity index (χ0n) is 15.0. The van der Waals surface area contributed by atoms with Gasteiger partial charge in [-0.3, -0.25) is 9.78 Å². The standard InChI is InChI=1S/C22H20ClN3O/c1-15-10-16-6-3-5-9-21(16)26(15)22(27)18-11-19(14-24-12-18)25-13-17-7-2-4-8-20(17)23/h2-9,11-12,14-15,25H,10,13H2,1H3. The van der Waals surface area contributed by atoms with Crippen molar-refractivity contribution >= 4 is 28.9 Å². The number of benzene rings is 2. The molecule has 0 radical (unpaired) electrons. The number of anilines is 2. The van der Waals surface area contributed by atoms with Gasteiger partial charge in [-0.05, 0) is 42.7 Å². The molecule has 0 saturated carbocycles. The number of rotatable bonds is 4. The molecule has 27 heavy (non-hydrogen) atoms. The van der Waals surface area contributed by atoms with Crippen molar-refractivity contribution in [3.63, 3.8) is 0 Å². The Hall–Kier alpha value is -2.85. The summed E-state index contributed by atoms with van der Waals surface area (Å²) in [6, 6.07) is 17.7. The lowest BCUT2D eigenvalue weighted by atomic mass is 10.1. The number of carbonyl (C=O) groups excluding carboxylic acids is 1. The van der Waals surface area contributed by atoms with E-state index in [4.69, 9.17) is 11.6 Å². The Bertz CT molecular complexity index is 989. The largest absolute Gasteiger partial charge is 0.380 e. The summed E-state index contributed by atoms with van der Waals surface area (Å²) in [5.41, 5.74) is 4.56. The Morgan fingerprint density at radius 2 is 1.96 bits per heavy atom. The summed E-state index contributed by atoms with van der Waals surface area (Å²) >= 11 is 6.21. The first-order chi connectivity index (χ1) is 13.1. The molecule has 0 bridgehead atoms. The van der Waals surface area contributed by atoms with Crippen LogP contribution in [0.4, 0.5) is 11.4 Å². The Labute approximate surface area is 163 Å². The number of nitrogens with one attached hydrogen (secondary N) is 1. The second-order valence-electron chi connectivity index (χ2n) is 6.76. The van der Waals surface area contributed by atoms with Crippen LogP contribution in [-0.2, 0) is 13.0 Å². The van der Waals surface area contributed by atoms with E-state index in [0.29, 0.717) is 17.1 Å². The van der Waals surface area contributed by atoms with E-state index >= 15 is 0 Å². The second-order valence-corrected chi connectivity index (χ2v) is 7.17. The van der Waals surface area contributed by atoms with E-state index in [1.165, 1.54) is 5.56 Å². The number of halogens is 1. The number of fused-ring (bicyclic) bond motifs is 1. The van der Waals surface area contributed by atoms with Gasteiger partial charge in [0, 0.05) is 35.7 Å². The molecule has 1 aromatic heterocycles. The molecule has 1 atom stereocenters. The third-order valence-corrected chi connectivity index (χ3v) is 5.22. The first-order valence-electron chi connectivity index (χ1n) is 8.97. The Morgan fingerprint density at radius 3 is 2.81 bits per heavy atom. The number of amides is 1. The van der Waals surface area contributed by atoms with E-state index in [9.17, 15) is 4.79 Å². The first-order valence-corrected chi connectivity index (χ1v) is 9.35. The SMILES string of the molecule is CC1Cc2ccccc2N1C(=O)c1cncc(NCc2ccccc2Cl)c1. The molecule has 1 aliphatic rings. The summed E-state index contributed by atoms with van der Waals surface area (Å²) in [6.45, 7) is 2.65. The molecule has 4 rings (SSSR count).